The predicted molar refractivity (Wildman–Crippen MR) is 107 cm³/mol. The largest absolute Gasteiger partial charge is 0.325 e. The van der Waals surface area contributed by atoms with E-state index in [1.165, 1.54) is 36.0 Å². The van der Waals surface area contributed by atoms with Crippen molar-refractivity contribution in [2.24, 2.45) is 0 Å². The van der Waals surface area contributed by atoms with Gasteiger partial charge < -0.3 is 5.32 Å². The maximum Gasteiger partial charge on any atom is 0.269 e. The van der Waals surface area contributed by atoms with Crippen molar-refractivity contribution in [3.8, 4) is 10.7 Å². The fourth-order valence-corrected chi connectivity index (χ4v) is 3.76. The summed E-state index contributed by atoms with van der Waals surface area (Å²) in [6, 6.07) is 13.1. The van der Waals surface area contributed by atoms with Crippen LogP contribution in [0.3, 0.4) is 0 Å². The van der Waals surface area contributed by atoms with Crippen LogP contribution in [-0.2, 0) is 4.79 Å². The summed E-state index contributed by atoms with van der Waals surface area (Å²) in [4.78, 5) is 23.3. The van der Waals surface area contributed by atoms with Crippen LogP contribution in [0.4, 0.5) is 11.4 Å². The number of carbonyl (C=O) groups is 1. The molecule has 4 rings (SSSR count). The normalized spacial score (nSPS) is 10.9. The number of nitro groups is 1. The van der Waals surface area contributed by atoms with Gasteiger partial charge in [0, 0.05) is 17.8 Å². The molecule has 1 aromatic carbocycles. The minimum absolute atomic E-state index is 0.0274. The molecule has 0 unspecified atom stereocenters. The molecule has 0 bridgehead atoms. The summed E-state index contributed by atoms with van der Waals surface area (Å²) in [7, 11) is 0. The van der Waals surface area contributed by atoms with Crippen molar-refractivity contribution in [1.29, 1.82) is 0 Å². The molecular formula is C17H12N6O3S2. The van der Waals surface area contributed by atoms with Crippen molar-refractivity contribution in [3.63, 3.8) is 0 Å². The molecule has 0 aliphatic rings. The second kappa shape index (κ2) is 7.74. The summed E-state index contributed by atoms with van der Waals surface area (Å²) in [5, 5.41) is 28.8. The van der Waals surface area contributed by atoms with Crippen LogP contribution in [0, 0.1) is 10.1 Å². The second-order valence-corrected chi connectivity index (χ2v) is 7.53. The maximum absolute atomic E-state index is 12.1. The van der Waals surface area contributed by atoms with Crippen molar-refractivity contribution >= 4 is 46.0 Å². The lowest BCUT2D eigenvalue weighted by molar-refractivity contribution is -0.384. The smallest absolute Gasteiger partial charge is 0.269 e. The van der Waals surface area contributed by atoms with Crippen LogP contribution < -0.4 is 5.32 Å². The molecule has 1 amide bonds. The number of fused-ring (bicyclic) bond motifs is 1. The lowest BCUT2D eigenvalue weighted by Gasteiger charge is -2.05. The SMILES string of the molecule is O=C(CSc1ccc2nnc(-c3cccs3)n2n1)Nc1ccc([N+](=O)[O-])cc1. The number of rotatable bonds is 6. The van der Waals surface area contributed by atoms with Crippen LogP contribution in [0.2, 0.25) is 0 Å². The van der Waals surface area contributed by atoms with E-state index < -0.39 is 4.92 Å². The second-order valence-electron chi connectivity index (χ2n) is 5.58. The van der Waals surface area contributed by atoms with Gasteiger partial charge in [-0.3, -0.25) is 14.9 Å². The first-order chi connectivity index (χ1) is 13.6. The first-order valence-electron chi connectivity index (χ1n) is 8.03. The molecule has 0 aliphatic heterocycles. The van der Waals surface area contributed by atoms with E-state index in [0.29, 0.717) is 22.2 Å². The van der Waals surface area contributed by atoms with Gasteiger partial charge >= 0.3 is 0 Å². The number of hydrogen-bond donors (Lipinski definition) is 1. The number of hydrogen-bond acceptors (Lipinski definition) is 8. The van der Waals surface area contributed by atoms with E-state index in [1.54, 1.807) is 28.0 Å². The summed E-state index contributed by atoms with van der Waals surface area (Å²) >= 11 is 2.82. The molecule has 0 fully saturated rings. The number of benzene rings is 1. The molecular weight excluding hydrogens is 400 g/mol. The van der Waals surface area contributed by atoms with Crippen LogP contribution >= 0.6 is 23.1 Å². The zero-order chi connectivity index (χ0) is 19.5. The molecule has 9 nitrogen and oxygen atoms in total. The number of nitro benzene ring substituents is 1. The number of thiophene rings is 1. The van der Waals surface area contributed by atoms with E-state index >= 15 is 0 Å². The van der Waals surface area contributed by atoms with E-state index in [0.717, 1.165) is 4.88 Å². The van der Waals surface area contributed by atoms with Gasteiger partial charge in [-0.25, -0.2) is 0 Å². The number of thioether (sulfide) groups is 1. The Bertz CT molecular complexity index is 1140. The Kier molecular flexibility index (Phi) is 5.00. The number of aromatic nitrogens is 4. The first kappa shape index (κ1) is 18.1. The fraction of sp³-hybridized carbons (Fsp3) is 0.0588. The first-order valence-corrected chi connectivity index (χ1v) is 9.90. The highest BCUT2D eigenvalue weighted by Gasteiger charge is 2.12. The number of nitrogens with one attached hydrogen (secondary N) is 1. The average molecular weight is 412 g/mol. The zero-order valence-corrected chi connectivity index (χ0v) is 15.8. The van der Waals surface area contributed by atoms with Crippen molar-refractivity contribution in [1.82, 2.24) is 19.8 Å². The summed E-state index contributed by atoms with van der Waals surface area (Å²) in [5.41, 5.74) is 1.10. The molecule has 0 aliphatic carbocycles. The molecule has 3 heterocycles. The number of amides is 1. The highest BCUT2D eigenvalue weighted by atomic mass is 32.2. The van der Waals surface area contributed by atoms with Crippen molar-refractivity contribution < 1.29 is 9.72 Å². The molecule has 0 atom stereocenters. The molecule has 1 N–H and O–H groups in total. The third-order valence-electron chi connectivity index (χ3n) is 3.69. The van der Waals surface area contributed by atoms with Gasteiger partial charge in [-0.05, 0) is 35.7 Å². The molecule has 11 heteroatoms. The third kappa shape index (κ3) is 3.85. The van der Waals surface area contributed by atoms with Crippen LogP contribution in [0.15, 0.2) is 58.9 Å². The molecule has 28 heavy (non-hydrogen) atoms. The van der Waals surface area contributed by atoms with Crippen molar-refractivity contribution in [3.05, 3.63) is 64.0 Å². The van der Waals surface area contributed by atoms with Crippen LogP contribution in [0.1, 0.15) is 0 Å². The molecule has 0 radical (unpaired) electrons. The quantitative estimate of drug-likeness (QED) is 0.293. The van der Waals surface area contributed by atoms with E-state index in [4.69, 9.17) is 0 Å². The Balaban J connectivity index is 1.43. The van der Waals surface area contributed by atoms with Gasteiger partial charge in [0.15, 0.2) is 11.5 Å². The van der Waals surface area contributed by atoms with E-state index in [1.807, 2.05) is 17.5 Å². The molecule has 0 saturated heterocycles. The third-order valence-corrected chi connectivity index (χ3v) is 5.48. The minimum Gasteiger partial charge on any atom is -0.325 e. The molecule has 0 spiro atoms. The lowest BCUT2D eigenvalue weighted by atomic mass is 10.3. The van der Waals surface area contributed by atoms with Gasteiger partial charge in [-0.2, -0.15) is 9.61 Å². The summed E-state index contributed by atoms with van der Waals surface area (Å²) in [6.45, 7) is 0. The van der Waals surface area contributed by atoms with Gasteiger partial charge in [0.2, 0.25) is 5.91 Å². The number of non-ortho nitro benzene ring substituents is 1. The Hall–Kier alpha value is -3.31. The monoisotopic (exact) mass is 412 g/mol. The lowest BCUT2D eigenvalue weighted by Crippen LogP contribution is -2.14. The van der Waals surface area contributed by atoms with Crippen molar-refractivity contribution in [2.75, 3.05) is 11.1 Å². The maximum atomic E-state index is 12.1. The van der Waals surface area contributed by atoms with Crippen LogP contribution in [0.5, 0.6) is 0 Å². The molecule has 4 aromatic rings. The number of carbonyl (C=O) groups excluding carboxylic acids is 1. The zero-order valence-electron chi connectivity index (χ0n) is 14.2. The Morgan fingerprint density at radius 3 is 2.71 bits per heavy atom. The number of nitrogens with zero attached hydrogens (tertiary/aromatic N) is 5. The number of anilines is 1. The van der Waals surface area contributed by atoms with E-state index in [9.17, 15) is 14.9 Å². The molecule has 3 aromatic heterocycles. The van der Waals surface area contributed by atoms with Crippen molar-refractivity contribution in [2.45, 2.75) is 5.03 Å². The summed E-state index contributed by atoms with van der Waals surface area (Å²) < 4.78 is 1.66. The topological polar surface area (TPSA) is 115 Å². The van der Waals surface area contributed by atoms with Gasteiger partial charge in [0.1, 0.15) is 5.03 Å². The van der Waals surface area contributed by atoms with Gasteiger partial charge in [-0.1, -0.05) is 17.8 Å². The van der Waals surface area contributed by atoms with E-state index in [-0.39, 0.29) is 17.3 Å². The summed E-state index contributed by atoms with van der Waals surface area (Å²) in [6.07, 6.45) is 0. The van der Waals surface area contributed by atoms with Gasteiger partial charge in [0.25, 0.3) is 5.69 Å². The summed E-state index contributed by atoms with van der Waals surface area (Å²) in [5.74, 6) is 0.567. The molecule has 0 saturated carbocycles. The fourth-order valence-electron chi connectivity index (χ4n) is 2.41. The van der Waals surface area contributed by atoms with Crippen LogP contribution in [0.25, 0.3) is 16.3 Å². The van der Waals surface area contributed by atoms with E-state index in [2.05, 4.69) is 20.6 Å². The Morgan fingerprint density at radius 2 is 2.00 bits per heavy atom. The Morgan fingerprint density at radius 1 is 1.18 bits per heavy atom. The highest BCUT2D eigenvalue weighted by molar-refractivity contribution is 7.99. The molecule has 140 valence electrons. The van der Waals surface area contributed by atoms with Gasteiger partial charge in [-0.15, -0.1) is 21.5 Å². The average Bonchev–Trinajstić information content (AvgIpc) is 3.36. The minimum atomic E-state index is -0.487. The van der Waals surface area contributed by atoms with Crippen LogP contribution in [-0.4, -0.2) is 36.4 Å². The highest BCUT2D eigenvalue weighted by Crippen LogP contribution is 2.24. The van der Waals surface area contributed by atoms with Gasteiger partial charge in [0.05, 0.1) is 15.6 Å². The standard InChI is InChI=1S/C17H12N6O3S2/c24-15(18-11-3-5-12(6-4-11)23(25)26)10-28-16-8-7-14-19-20-17(22(14)21-16)13-2-1-9-27-13/h1-9H,10H2,(H,18,24). The predicted octanol–water partition coefficient (Wildman–Crippen LogP) is 3.49. The Labute approximate surface area is 166 Å².